The molecule has 0 spiro atoms. The van der Waals surface area contributed by atoms with E-state index in [1.165, 1.54) is 0 Å². The molecule has 0 atom stereocenters. The fourth-order valence-electron chi connectivity index (χ4n) is 1.67. The van der Waals surface area contributed by atoms with Crippen LogP contribution in [0.3, 0.4) is 0 Å². The molecule has 0 radical (unpaired) electrons. The molecular formula is C11H18N2O3. The van der Waals surface area contributed by atoms with Crippen LogP contribution >= 0.6 is 0 Å². The molecule has 1 saturated carbocycles. The van der Waals surface area contributed by atoms with E-state index >= 15 is 0 Å². The Balaban J connectivity index is 2.25. The first-order chi connectivity index (χ1) is 7.60. The summed E-state index contributed by atoms with van der Waals surface area (Å²) in [5.74, 6) is -0.815. The molecule has 2 amide bonds. The van der Waals surface area contributed by atoms with Gasteiger partial charge in [-0.15, -0.1) is 6.58 Å². The topological polar surface area (TPSA) is 78.4 Å². The first-order valence-electron chi connectivity index (χ1n) is 5.47. The van der Waals surface area contributed by atoms with Crippen LogP contribution in [0, 0.1) is 5.41 Å². The van der Waals surface area contributed by atoms with Gasteiger partial charge >= 0.3 is 12.0 Å². The number of carbonyl (C=O) groups excluding carboxylic acids is 1. The summed E-state index contributed by atoms with van der Waals surface area (Å²) in [4.78, 5) is 22.3. The second kappa shape index (κ2) is 5.53. The van der Waals surface area contributed by atoms with Crippen LogP contribution in [0.2, 0.25) is 0 Å². The molecule has 0 saturated heterocycles. The second-order valence-corrected chi connectivity index (χ2v) is 4.13. The zero-order valence-corrected chi connectivity index (χ0v) is 9.29. The number of carbonyl (C=O) groups is 2. The first-order valence-corrected chi connectivity index (χ1v) is 5.47. The van der Waals surface area contributed by atoms with Crippen molar-refractivity contribution < 1.29 is 14.7 Å². The van der Waals surface area contributed by atoms with Gasteiger partial charge in [0.15, 0.2) is 0 Å². The number of carboxylic acid groups (broad SMARTS) is 1. The number of rotatable bonds is 6. The lowest BCUT2D eigenvalue weighted by Crippen LogP contribution is -2.49. The summed E-state index contributed by atoms with van der Waals surface area (Å²) in [5, 5.41) is 14.3. The molecule has 0 aromatic heterocycles. The number of hydrogen-bond acceptors (Lipinski definition) is 2. The number of hydrogen-bond donors (Lipinski definition) is 3. The number of nitrogens with one attached hydrogen (secondary N) is 2. The molecule has 0 heterocycles. The Bertz CT molecular complexity index is 285. The van der Waals surface area contributed by atoms with Gasteiger partial charge in [0.05, 0.1) is 5.41 Å². The molecule has 1 aliphatic carbocycles. The number of carboxylic acids is 1. The highest BCUT2D eigenvalue weighted by atomic mass is 16.4. The Kier molecular flexibility index (Phi) is 4.34. The van der Waals surface area contributed by atoms with Gasteiger partial charge in [-0.25, -0.2) is 4.79 Å². The molecule has 0 aromatic rings. The van der Waals surface area contributed by atoms with Gasteiger partial charge in [0.25, 0.3) is 0 Å². The van der Waals surface area contributed by atoms with Gasteiger partial charge < -0.3 is 15.7 Å². The van der Waals surface area contributed by atoms with Crippen LogP contribution in [0.1, 0.15) is 25.7 Å². The van der Waals surface area contributed by atoms with E-state index in [9.17, 15) is 9.59 Å². The van der Waals surface area contributed by atoms with E-state index in [2.05, 4.69) is 17.2 Å². The lowest BCUT2D eigenvalue weighted by atomic mass is 9.69. The van der Waals surface area contributed by atoms with E-state index in [4.69, 9.17) is 5.11 Å². The number of urea groups is 1. The lowest BCUT2D eigenvalue weighted by Gasteiger charge is -2.37. The molecule has 0 bridgehead atoms. The standard InChI is InChI=1S/C11H18N2O3/c1-2-3-7-12-10(16)13-8-11(9(14)15)5-4-6-11/h2H,1,3-8H2,(H,14,15)(H2,12,13,16). The van der Waals surface area contributed by atoms with Gasteiger partial charge in [0, 0.05) is 13.1 Å². The van der Waals surface area contributed by atoms with Gasteiger partial charge in [0.2, 0.25) is 0 Å². The van der Waals surface area contributed by atoms with Gasteiger partial charge in [-0.2, -0.15) is 0 Å². The van der Waals surface area contributed by atoms with E-state index in [0.717, 1.165) is 6.42 Å². The normalized spacial score (nSPS) is 17.0. The fraction of sp³-hybridized carbons (Fsp3) is 0.636. The summed E-state index contributed by atoms with van der Waals surface area (Å²) in [7, 11) is 0. The van der Waals surface area contributed by atoms with Crippen LogP contribution in [-0.4, -0.2) is 30.2 Å². The van der Waals surface area contributed by atoms with E-state index in [1.54, 1.807) is 6.08 Å². The van der Waals surface area contributed by atoms with Gasteiger partial charge in [0.1, 0.15) is 0 Å². The predicted molar refractivity (Wildman–Crippen MR) is 60.1 cm³/mol. The minimum Gasteiger partial charge on any atom is -0.481 e. The van der Waals surface area contributed by atoms with E-state index in [-0.39, 0.29) is 12.6 Å². The van der Waals surface area contributed by atoms with Crippen molar-refractivity contribution in [1.82, 2.24) is 10.6 Å². The lowest BCUT2D eigenvalue weighted by molar-refractivity contribution is -0.153. The van der Waals surface area contributed by atoms with Gasteiger partial charge in [-0.1, -0.05) is 12.5 Å². The van der Waals surface area contributed by atoms with Gasteiger partial charge in [-0.3, -0.25) is 4.79 Å². The van der Waals surface area contributed by atoms with Crippen molar-refractivity contribution >= 4 is 12.0 Å². The Morgan fingerprint density at radius 1 is 1.38 bits per heavy atom. The van der Waals surface area contributed by atoms with Crippen LogP contribution in [0.25, 0.3) is 0 Å². The average Bonchev–Trinajstić information content (AvgIpc) is 2.16. The Hall–Kier alpha value is -1.52. The summed E-state index contributed by atoms with van der Waals surface area (Å²) in [5.41, 5.74) is -0.726. The summed E-state index contributed by atoms with van der Waals surface area (Å²) in [6.45, 7) is 4.27. The fourth-order valence-corrected chi connectivity index (χ4v) is 1.67. The van der Waals surface area contributed by atoms with Crippen LogP contribution in [0.5, 0.6) is 0 Å². The smallest absolute Gasteiger partial charge is 0.314 e. The highest BCUT2D eigenvalue weighted by molar-refractivity contribution is 5.78. The quantitative estimate of drug-likeness (QED) is 0.469. The summed E-state index contributed by atoms with van der Waals surface area (Å²) < 4.78 is 0. The highest BCUT2D eigenvalue weighted by Gasteiger charge is 2.44. The van der Waals surface area contributed by atoms with Crippen molar-refractivity contribution in [1.29, 1.82) is 0 Å². The molecule has 0 unspecified atom stereocenters. The molecule has 3 N–H and O–H groups in total. The molecular weight excluding hydrogens is 208 g/mol. The van der Waals surface area contributed by atoms with Gasteiger partial charge in [-0.05, 0) is 19.3 Å². The second-order valence-electron chi connectivity index (χ2n) is 4.13. The zero-order valence-electron chi connectivity index (χ0n) is 9.29. The minimum atomic E-state index is -0.815. The Labute approximate surface area is 94.9 Å². The van der Waals surface area contributed by atoms with Crippen LogP contribution in [0.15, 0.2) is 12.7 Å². The maximum Gasteiger partial charge on any atom is 0.314 e. The van der Waals surface area contributed by atoms with Crippen molar-refractivity contribution in [3.8, 4) is 0 Å². The summed E-state index contributed by atoms with van der Waals surface area (Å²) in [6, 6.07) is -0.311. The molecule has 5 heteroatoms. The minimum absolute atomic E-state index is 0.211. The SMILES string of the molecule is C=CCCNC(=O)NCC1(C(=O)O)CCC1. The molecule has 16 heavy (non-hydrogen) atoms. The predicted octanol–water partition coefficient (Wildman–Crippen LogP) is 1.12. The molecule has 1 fully saturated rings. The Morgan fingerprint density at radius 2 is 2.06 bits per heavy atom. The van der Waals surface area contributed by atoms with E-state index in [1.807, 2.05) is 0 Å². The molecule has 1 rings (SSSR count). The first kappa shape index (κ1) is 12.5. The highest BCUT2D eigenvalue weighted by Crippen LogP contribution is 2.40. The third-order valence-corrected chi connectivity index (χ3v) is 2.99. The molecule has 1 aliphatic rings. The summed E-state index contributed by atoms with van der Waals surface area (Å²) >= 11 is 0. The number of amides is 2. The third kappa shape index (κ3) is 2.98. The van der Waals surface area contributed by atoms with Crippen molar-refractivity contribution in [2.45, 2.75) is 25.7 Å². The van der Waals surface area contributed by atoms with Crippen molar-refractivity contribution in [3.63, 3.8) is 0 Å². The molecule has 0 aromatic carbocycles. The number of aliphatic carboxylic acids is 1. The van der Waals surface area contributed by atoms with Crippen LogP contribution < -0.4 is 10.6 Å². The molecule has 0 aliphatic heterocycles. The summed E-state index contributed by atoms with van der Waals surface area (Å²) in [6.07, 6.45) is 4.64. The zero-order chi connectivity index (χ0) is 12.0. The van der Waals surface area contributed by atoms with Crippen LogP contribution in [-0.2, 0) is 4.79 Å². The maximum atomic E-state index is 11.3. The third-order valence-electron chi connectivity index (χ3n) is 2.99. The van der Waals surface area contributed by atoms with Crippen molar-refractivity contribution in [2.75, 3.05) is 13.1 Å². The van der Waals surface area contributed by atoms with E-state index in [0.29, 0.717) is 25.8 Å². The van der Waals surface area contributed by atoms with Crippen LogP contribution in [0.4, 0.5) is 4.79 Å². The largest absolute Gasteiger partial charge is 0.481 e. The average molecular weight is 226 g/mol. The molecule has 90 valence electrons. The monoisotopic (exact) mass is 226 g/mol. The van der Waals surface area contributed by atoms with Crippen molar-refractivity contribution in [2.24, 2.45) is 5.41 Å². The van der Waals surface area contributed by atoms with E-state index < -0.39 is 11.4 Å². The van der Waals surface area contributed by atoms with Crippen molar-refractivity contribution in [3.05, 3.63) is 12.7 Å². The maximum absolute atomic E-state index is 11.3. The Morgan fingerprint density at radius 3 is 2.50 bits per heavy atom. The molecule has 5 nitrogen and oxygen atoms in total.